The number of ether oxygens (including phenoxy) is 1. The lowest BCUT2D eigenvalue weighted by Gasteiger charge is -2.11. The van der Waals surface area contributed by atoms with Gasteiger partial charge >= 0.3 is 0 Å². The first kappa shape index (κ1) is 22.2. The third-order valence-electron chi connectivity index (χ3n) is 5.04. The molecule has 0 saturated carbocycles. The molecule has 3 aromatic carbocycles. The Morgan fingerprint density at radius 1 is 1.03 bits per heavy atom. The molecule has 33 heavy (non-hydrogen) atoms. The molecule has 0 aliphatic heterocycles. The van der Waals surface area contributed by atoms with E-state index in [2.05, 4.69) is 21.7 Å². The molecule has 0 spiro atoms. The lowest BCUT2D eigenvalue weighted by atomic mass is 10.1. The minimum absolute atomic E-state index is 0.515. The smallest absolute Gasteiger partial charge is 0.119 e. The largest absolute Gasteiger partial charge is 0.492 e. The molecule has 0 atom stereocenters. The molecule has 6 heteroatoms. The molecular weight excluding hydrogens is 432 g/mol. The maximum atomic E-state index is 9.44. The van der Waals surface area contributed by atoms with E-state index in [-0.39, 0.29) is 0 Å². The molecule has 0 fully saturated rings. The van der Waals surface area contributed by atoms with Crippen LogP contribution in [0.4, 0.5) is 11.4 Å². The maximum absolute atomic E-state index is 9.44. The molecule has 5 nitrogen and oxygen atoms in total. The highest BCUT2D eigenvalue weighted by molar-refractivity contribution is 6.31. The highest BCUT2D eigenvalue weighted by Crippen LogP contribution is 2.24. The van der Waals surface area contributed by atoms with Crippen molar-refractivity contribution >= 4 is 33.9 Å². The van der Waals surface area contributed by atoms with E-state index in [9.17, 15) is 5.26 Å². The van der Waals surface area contributed by atoms with E-state index >= 15 is 0 Å². The van der Waals surface area contributed by atoms with Crippen LogP contribution in [0.25, 0.3) is 10.9 Å². The summed E-state index contributed by atoms with van der Waals surface area (Å²) < 4.78 is 5.86. The maximum Gasteiger partial charge on any atom is 0.119 e. The van der Waals surface area contributed by atoms with Crippen LogP contribution in [0.1, 0.15) is 5.56 Å². The van der Waals surface area contributed by atoms with Crippen LogP contribution in [0.15, 0.2) is 96.8 Å². The third-order valence-corrected chi connectivity index (χ3v) is 5.27. The second-order valence-corrected chi connectivity index (χ2v) is 7.84. The quantitative estimate of drug-likeness (QED) is 0.225. The molecule has 1 heterocycles. The van der Waals surface area contributed by atoms with Crippen molar-refractivity contribution in [1.29, 1.82) is 5.26 Å². The number of benzene rings is 3. The van der Waals surface area contributed by atoms with Gasteiger partial charge in [-0.3, -0.25) is 4.98 Å². The van der Waals surface area contributed by atoms with Crippen molar-refractivity contribution in [2.45, 2.75) is 6.42 Å². The molecule has 0 amide bonds. The summed E-state index contributed by atoms with van der Waals surface area (Å²) in [4.78, 5) is 4.36. The minimum atomic E-state index is 0.515. The Bertz CT molecular complexity index is 1280. The number of halogens is 1. The van der Waals surface area contributed by atoms with Crippen LogP contribution >= 0.6 is 11.6 Å². The predicted octanol–water partition coefficient (Wildman–Crippen LogP) is 6.44. The van der Waals surface area contributed by atoms with Crippen LogP contribution in [0.2, 0.25) is 5.02 Å². The zero-order valence-electron chi connectivity index (χ0n) is 18.0. The Kier molecular flexibility index (Phi) is 7.42. The molecule has 4 aromatic rings. The lowest BCUT2D eigenvalue weighted by molar-refractivity contribution is 0.333. The highest BCUT2D eigenvalue weighted by atomic mass is 35.5. The number of para-hydroxylation sites is 1. The van der Waals surface area contributed by atoms with Crippen LogP contribution in [0.5, 0.6) is 5.75 Å². The summed E-state index contributed by atoms with van der Waals surface area (Å²) >= 11 is 6.05. The summed E-state index contributed by atoms with van der Waals surface area (Å²) in [6.07, 6.45) is 4.07. The Hall–Kier alpha value is -4.01. The number of nitrogens with zero attached hydrogens (tertiary/aromatic N) is 2. The van der Waals surface area contributed by atoms with Crippen LogP contribution in [-0.2, 0) is 6.42 Å². The number of allylic oxidation sites excluding steroid dienone is 1. The van der Waals surface area contributed by atoms with Gasteiger partial charge in [0.25, 0.3) is 0 Å². The Morgan fingerprint density at radius 3 is 2.64 bits per heavy atom. The molecule has 164 valence electrons. The van der Waals surface area contributed by atoms with Gasteiger partial charge < -0.3 is 15.4 Å². The predicted molar refractivity (Wildman–Crippen MR) is 135 cm³/mol. The SMILES string of the molecule is N#C/C(=C\Nc1ccccc1)Cc1ccc(OCCNc2ccnc3cc(Cl)ccc23)cc1. The van der Waals surface area contributed by atoms with Gasteiger partial charge in [0.2, 0.25) is 0 Å². The zero-order chi connectivity index (χ0) is 22.9. The van der Waals surface area contributed by atoms with Gasteiger partial charge in [0, 0.05) is 52.7 Å². The van der Waals surface area contributed by atoms with Crippen molar-refractivity contribution < 1.29 is 4.74 Å². The van der Waals surface area contributed by atoms with E-state index in [0.29, 0.717) is 30.2 Å². The number of fused-ring (bicyclic) bond motifs is 1. The molecule has 0 unspecified atom stereocenters. The standard InChI is InChI=1S/C27H23ClN4O/c28-22-8-11-25-26(12-13-30-27(25)17-22)31-14-15-33-24-9-6-20(7-10-24)16-21(18-29)19-32-23-4-2-1-3-5-23/h1-13,17,19,32H,14-16H2,(H,30,31)/b21-19-. The number of pyridine rings is 1. The summed E-state index contributed by atoms with van der Waals surface area (Å²) in [7, 11) is 0. The van der Waals surface area contributed by atoms with Crippen molar-refractivity contribution in [3.63, 3.8) is 0 Å². The first-order valence-corrected chi connectivity index (χ1v) is 11.0. The number of aromatic nitrogens is 1. The molecule has 0 aliphatic rings. The van der Waals surface area contributed by atoms with Gasteiger partial charge in [0.15, 0.2) is 0 Å². The average molecular weight is 455 g/mol. The van der Waals surface area contributed by atoms with Gasteiger partial charge in [-0.25, -0.2) is 0 Å². The number of anilines is 2. The van der Waals surface area contributed by atoms with Gasteiger partial charge in [-0.15, -0.1) is 0 Å². The Balaban J connectivity index is 1.27. The molecule has 0 aliphatic carbocycles. The van der Waals surface area contributed by atoms with Crippen LogP contribution in [0, 0.1) is 11.3 Å². The summed E-state index contributed by atoms with van der Waals surface area (Å²) in [5.74, 6) is 0.789. The third kappa shape index (κ3) is 6.25. The summed E-state index contributed by atoms with van der Waals surface area (Å²) in [5.41, 5.74) is 4.50. The van der Waals surface area contributed by atoms with Crippen LogP contribution in [-0.4, -0.2) is 18.1 Å². The van der Waals surface area contributed by atoms with E-state index in [1.54, 1.807) is 12.4 Å². The molecule has 4 rings (SSSR count). The fourth-order valence-corrected chi connectivity index (χ4v) is 3.55. The van der Waals surface area contributed by atoms with Crippen molar-refractivity contribution in [1.82, 2.24) is 4.98 Å². The van der Waals surface area contributed by atoms with E-state index < -0.39 is 0 Å². The molecular formula is C27H23ClN4O. The van der Waals surface area contributed by atoms with Crippen molar-refractivity contribution in [2.24, 2.45) is 0 Å². The van der Waals surface area contributed by atoms with Gasteiger partial charge in [0.1, 0.15) is 12.4 Å². The van der Waals surface area contributed by atoms with E-state index in [4.69, 9.17) is 16.3 Å². The van der Waals surface area contributed by atoms with Gasteiger partial charge in [-0.1, -0.05) is 41.9 Å². The summed E-state index contributed by atoms with van der Waals surface area (Å²) in [6.45, 7) is 1.16. The molecule has 0 radical (unpaired) electrons. The number of hydrogen-bond acceptors (Lipinski definition) is 5. The van der Waals surface area contributed by atoms with Gasteiger partial charge in [0.05, 0.1) is 11.6 Å². The first-order valence-electron chi connectivity index (χ1n) is 10.6. The van der Waals surface area contributed by atoms with Gasteiger partial charge in [-0.05, 0) is 54.1 Å². The number of nitriles is 1. The van der Waals surface area contributed by atoms with E-state index in [1.807, 2.05) is 78.9 Å². The molecule has 0 saturated heterocycles. The monoisotopic (exact) mass is 454 g/mol. The summed E-state index contributed by atoms with van der Waals surface area (Å²) in [5, 5.41) is 17.7. The number of hydrogen-bond donors (Lipinski definition) is 2. The van der Waals surface area contributed by atoms with Crippen molar-refractivity contribution in [2.75, 3.05) is 23.8 Å². The van der Waals surface area contributed by atoms with Crippen molar-refractivity contribution in [3.8, 4) is 11.8 Å². The minimum Gasteiger partial charge on any atom is -0.492 e. The first-order chi connectivity index (χ1) is 16.2. The second-order valence-electron chi connectivity index (χ2n) is 7.41. The zero-order valence-corrected chi connectivity index (χ0v) is 18.7. The van der Waals surface area contributed by atoms with Crippen LogP contribution in [0.3, 0.4) is 0 Å². The topological polar surface area (TPSA) is 70.0 Å². The van der Waals surface area contributed by atoms with Gasteiger partial charge in [-0.2, -0.15) is 5.26 Å². The Morgan fingerprint density at radius 2 is 1.85 bits per heavy atom. The average Bonchev–Trinajstić information content (AvgIpc) is 2.85. The van der Waals surface area contributed by atoms with E-state index in [1.165, 1.54) is 0 Å². The fraction of sp³-hybridized carbons (Fsp3) is 0.111. The lowest BCUT2D eigenvalue weighted by Crippen LogP contribution is -2.11. The molecule has 0 bridgehead atoms. The fourth-order valence-electron chi connectivity index (χ4n) is 3.38. The number of nitrogens with one attached hydrogen (secondary N) is 2. The second kappa shape index (κ2) is 11.0. The van der Waals surface area contributed by atoms with Crippen LogP contribution < -0.4 is 15.4 Å². The highest BCUT2D eigenvalue weighted by Gasteiger charge is 2.03. The van der Waals surface area contributed by atoms with Crippen molar-refractivity contribution in [3.05, 3.63) is 107 Å². The normalized spacial score (nSPS) is 11.1. The Labute approximate surface area is 198 Å². The number of rotatable bonds is 9. The summed E-state index contributed by atoms with van der Waals surface area (Å²) in [6, 6.07) is 27.5. The van der Waals surface area contributed by atoms with E-state index in [0.717, 1.165) is 33.6 Å². The molecule has 1 aromatic heterocycles. The molecule has 2 N–H and O–H groups in total.